The van der Waals surface area contributed by atoms with Crippen LogP contribution < -0.4 is 11.1 Å². The van der Waals surface area contributed by atoms with Crippen molar-refractivity contribution >= 4 is 33.4 Å². The fourth-order valence-corrected chi connectivity index (χ4v) is 2.92. The van der Waals surface area contributed by atoms with Crippen molar-refractivity contribution in [1.82, 2.24) is 5.32 Å². The third-order valence-electron chi connectivity index (χ3n) is 3.31. The number of rotatable bonds is 5. The van der Waals surface area contributed by atoms with Crippen LogP contribution in [0.1, 0.15) is 34.5 Å². The third-order valence-corrected chi connectivity index (χ3v) is 4.38. The summed E-state index contributed by atoms with van der Waals surface area (Å²) in [5, 5.41) is 3.95. The predicted octanol–water partition coefficient (Wildman–Crippen LogP) is 4.05. The topological polar surface area (TPSA) is 55.1 Å². The van der Waals surface area contributed by atoms with E-state index >= 15 is 0 Å². The Morgan fingerprint density at radius 3 is 2.67 bits per heavy atom. The van der Waals surface area contributed by atoms with Crippen LogP contribution in [-0.2, 0) is 6.54 Å². The highest BCUT2D eigenvalue weighted by Crippen LogP contribution is 2.24. The van der Waals surface area contributed by atoms with E-state index in [4.69, 9.17) is 17.3 Å². The fourth-order valence-electron chi connectivity index (χ4n) is 2.04. The lowest BCUT2D eigenvalue weighted by Gasteiger charge is -2.16. The molecule has 3 N–H and O–H groups in total. The van der Waals surface area contributed by atoms with E-state index < -0.39 is 5.91 Å². The Kier molecular flexibility index (Phi) is 5.39. The van der Waals surface area contributed by atoms with Crippen LogP contribution in [0.3, 0.4) is 0 Å². The van der Waals surface area contributed by atoms with Gasteiger partial charge in [-0.1, -0.05) is 51.8 Å². The predicted molar refractivity (Wildman–Crippen MR) is 89.4 cm³/mol. The van der Waals surface area contributed by atoms with Gasteiger partial charge in [-0.05, 0) is 36.2 Å². The van der Waals surface area contributed by atoms with Gasteiger partial charge >= 0.3 is 0 Å². The highest BCUT2D eigenvalue weighted by molar-refractivity contribution is 9.10. The first-order valence-corrected chi connectivity index (χ1v) is 7.72. The Hall–Kier alpha value is -1.36. The minimum absolute atomic E-state index is 0.174. The molecular formula is C16H16BrClN2O. The molecule has 0 aliphatic heterocycles. The lowest BCUT2D eigenvalue weighted by atomic mass is 10.1. The Bertz CT molecular complexity index is 660. The van der Waals surface area contributed by atoms with Gasteiger partial charge in [-0.15, -0.1) is 0 Å². The first kappa shape index (κ1) is 16.0. The van der Waals surface area contributed by atoms with Crippen LogP contribution in [0.5, 0.6) is 0 Å². The van der Waals surface area contributed by atoms with Crippen molar-refractivity contribution in [2.45, 2.75) is 19.5 Å². The number of carbonyl (C=O) groups excluding carboxylic acids is 1. The van der Waals surface area contributed by atoms with Crippen LogP contribution in [0.2, 0.25) is 5.02 Å². The Balaban J connectivity index is 2.06. The van der Waals surface area contributed by atoms with Gasteiger partial charge in [-0.25, -0.2) is 0 Å². The second kappa shape index (κ2) is 7.07. The molecular weight excluding hydrogens is 352 g/mol. The van der Waals surface area contributed by atoms with E-state index in [2.05, 4.69) is 34.2 Å². The molecule has 3 nitrogen and oxygen atoms in total. The average molecular weight is 368 g/mol. The molecule has 0 spiro atoms. The maximum absolute atomic E-state index is 11.1. The number of nitrogens with one attached hydrogen (secondary N) is 1. The molecule has 0 saturated carbocycles. The first-order chi connectivity index (χ1) is 9.99. The summed E-state index contributed by atoms with van der Waals surface area (Å²) in [5.74, 6) is -0.474. The molecule has 0 heterocycles. The molecule has 2 aromatic rings. The van der Waals surface area contributed by atoms with Crippen molar-refractivity contribution in [2.75, 3.05) is 0 Å². The summed E-state index contributed by atoms with van der Waals surface area (Å²) in [6.07, 6.45) is 0. The zero-order valence-electron chi connectivity index (χ0n) is 11.6. The molecule has 0 aromatic heterocycles. The Morgan fingerprint density at radius 2 is 2.05 bits per heavy atom. The number of nitrogens with two attached hydrogens (primary N) is 1. The van der Waals surface area contributed by atoms with Crippen LogP contribution in [0.25, 0.3) is 0 Å². The van der Waals surface area contributed by atoms with Gasteiger partial charge in [0, 0.05) is 27.6 Å². The highest BCUT2D eigenvalue weighted by atomic mass is 79.9. The molecule has 110 valence electrons. The van der Waals surface area contributed by atoms with Crippen molar-refractivity contribution in [1.29, 1.82) is 0 Å². The maximum atomic E-state index is 11.1. The van der Waals surface area contributed by atoms with Crippen molar-refractivity contribution in [3.63, 3.8) is 0 Å². The van der Waals surface area contributed by atoms with Gasteiger partial charge in [-0.3, -0.25) is 4.79 Å². The number of hydrogen-bond acceptors (Lipinski definition) is 2. The van der Waals surface area contributed by atoms with Crippen molar-refractivity contribution in [3.8, 4) is 0 Å². The van der Waals surface area contributed by atoms with Crippen molar-refractivity contribution in [3.05, 3.63) is 68.7 Å². The monoisotopic (exact) mass is 366 g/mol. The third kappa shape index (κ3) is 4.06. The summed E-state index contributed by atoms with van der Waals surface area (Å²) in [6, 6.07) is 13.4. The zero-order valence-corrected chi connectivity index (χ0v) is 13.9. The van der Waals surface area contributed by atoms with Gasteiger partial charge < -0.3 is 11.1 Å². The van der Waals surface area contributed by atoms with Crippen molar-refractivity contribution in [2.24, 2.45) is 5.73 Å². The van der Waals surface area contributed by atoms with Crippen LogP contribution in [-0.4, -0.2) is 5.91 Å². The maximum Gasteiger partial charge on any atom is 0.248 e. The molecule has 0 bridgehead atoms. The van der Waals surface area contributed by atoms with Crippen LogP contribution in [0.15, 0.2) is 46.9 Å². The van der Waals surface area contributed by atoms with Crippen molar-refractivity contribution < 1.29 is 4.79 Å². The molecule has 0 unspecified atom stereocenters. The zero-order chi connectivity index (χ0) is 15.4. The van der Waals surface area contributed by atoms with E-state index in [9.17, 15) is 4.79 Å². The smallest absolute Gasteiger partial charge is 0.248 e. The molecule has 5 heteroatoms. The largest absolute Gasteiger partial charge is 0.366 e. The Labute approximate surface area is 137 Å². The summed E-state index contributed by atoms with van der Waals surface area (Å²) in [5.41, 5.74) is 7.76. The molecule has 1 amide bonds. The number of primary amides is 1. The molecule has 0 fully saturated rings. The van der Waals surface area contributed by atoms with E-state index in [1.165, 1.54) is 5.56 Å². The Morgan fingerprint density at radius 1 is 1.33 bits per heavy atom. The molecule has 0 aliphatic carbocycles. The molecule has 21 heavy (non-hydrogen) atoms. The standard InChI is InChI=1S/C16H16BrClN2O/c1-10(13-4-2-3-5-14(13)17)20-9-12-7-6-11(16(19)21)8-15(12)18/h2-8,10,20H,9H2,1H3,(H2,19,21)/t10-/m1/s1. The molecule has 2 rings (SSSR count). The number of amides is 1. The minimum Gasteiger partial charge on any atom is -0.366 e. The normalized spacial score (nSPS) is 12.1. The lowest BCUT2D eigenvalue weighted by Crippen LogP contribution is -2.19. The lowest BCUT2D eigenvalue weighted by molar-refractivity contribution is 0.100. The van der Waals surface area contributed by atoms with Crippen LogP contribution >= 0.6 is 27.5 Å². The van der Waals surface area contributed by atoms with E-state index in [1.54, 1.807) is 12.1 Å². The second-order valence-electron chi connectivity index (χ2n) is 4.79. The molecule has 0 radical (unpaired) electrons. The van der Waals surface area contributed by atoms with Crippen LogP contribution in [0, 0.1) is 0 Å². The molecule has 2 aromatic carbocycles. The number of hydrogen-bond donors (Lipinski definition) is 2. The van der Waals surface area contributed by atoms with Gasteiger partial charge in [0.15, 0.2) is 0 Å². The summed E-state index contributed by atoms with van der Waals surface area (Å²) in [4.78, 5) is 11.1. The van der Waals surface area contributed by atoms with Gasteiger partial charge in [0.1, 0.15) is 0 Å². The average Bonchev–Trinajstić information content (AvgIpc) is 2.46. The van der Waals surface area contributed by atoms with Gasteiger partial charge in [0.25, 0.3) is 0 Å². The van der Waals surface area contributed by atoms with E-state index in [1.807, 2.05) is 24.3 Å². The fraction of sp³-hybridized carbons (Fsp3) is 0.188. The number of carbonyl (C=O) groups is 1. The molecule has 0 aliphatic rings. The highest BCUT2D eigenvalue weighted by Gasteiger charge is 2.10. The van der Waals surface area contributed by atoms with Crippen LogP contribution in [0.4, 0.5) is 0 Å². The van der Waals surface area contributed by atoms with E-state index in [-0.39, 0.29) is 6.04 Å². The second-order valence-corrected chi connectivity index (χ2v) is 6.06. The van der Waals surface area contributed by atoms with Gasteiger partial charge in [-0.2, -0.15) is 0 Å². The first-order valence-electron chi connectivity index (χ1n) is 6.55. The number of halogens is 2. The number of benzene rings is 2. The summed E-state index contributed by atoms with van der Waals surface area (Å²) < 4.78 is 1.07. The van der Waals surface area contributed by atoms with E-state index in [0.717, 1.165) is 10.0 Å². The summed E-state index contributed by atoms with van der Waals surface area (Å²) in [6.45, 7) is 2.70. The SMILES string of the molecule is C[C@@H](NCc1ccc(C(N)=O)cc1Cl)c1ccccc1Br. The summed E-state index contributed by atoms with van der Waals surface area (Å²) in [7, 11) is 0. The molecule has 1 atom stereocenters. The van der Waals surface area contributed by atoms with E-state index in [0.29, 0.717) is 17.1 Å². The summed E-state index contributed by atoms with van der Waals surface area (Å²) >= 11 is 9.72. The van der Waals surface area contributed by atoms with Gasteiger partial charge in [0.05, 0.1) is 0 Å². The minimum atomic E-state index is -0.474. The molecule has 0 saturated heterocycles. The van der Waals surface area contributed by atoms with Gasteiger partial charge in [0.2, 0.25) is 5.91 Å². The quantitative estimate of drug-likeness (QED) is 0.837.